The zero-order chi connectivity index (χ0) is 23.1. The summed E-state index contributed by atoms with van der Waals surface area (Å²) in [5.41, 5.74) is 5.59. The fourth-order valence-corrected chi connectivity index (χ4v) is 4.34. The Morgan fingerprint density at radius 1 is 0.765 bits per heavy atom. The zero-order valence-corrected chi connectivity index (χ0v) is 18.2. The van der Waals surface area contributed by atoms with Gasteiger partial charge in [-0.05, 0) is 42.5 Å². The van der Waals surface area contributed by atoms with Crippen molar-refractivity contribution in [2.45, 2.75) is 0 Å². The maximum absolute atomic E-state index is 13.4. The minimum absolute atomic E-state index is 0.127. The van der Waals surface area contributed by atoms with Gasteiger partial charge in [-0.15, -0.1) is 6.58 Å². The van der Waals surface area contributed by atoms with Crippen molar-refractivity contribution in [3.8, 4) is 0 Å². The number of fused-ring (bicyclic) bond motifs is 7. The van der Waals surface area contributed by atoms with Crippen LogP contribution in [0.2, 0.25) is 0 Å². The lowest BCUT2D eigenvalue weighted by Gasteiger charge is -2.21. The van der Waals surface area contributed by atoms with Crippen LogP contribution in [0.5, 0.6) is 0 Å². The smallest absolute Gasteiger partial charge is 0.258 e. The molecule has 0 aliphatic rings. The predicted octanol–water partition coefficient (Wildman–Crippen LogP) is 5.71. The molecule has 3 aromatic carbocycles. The lowest BCUT2D eigenvalue weighted by atomic mass is 10.1. The standard InChI is InChI=1S/C28H19N5O/c1-2-16-33(19-8-4-3-5-9-19)28(34)18-12-13-22-23(17-18)32-27-25-21(11-7-15-30-25)20-10-6-14-29-24(20)26(27)31-22/h2-15,17H,1,16H2. The van der Waals surface area contributed by atoms with Crippen LogP contribution in [-0.4, -0.2) is 32.4 Å². The van der Waals surface area contributed by atoms with Gasteiger partial charge in [0.15, 0.2) is 0 Å². The first kappa shape index (κ1) is 19.9. The van der Waals surface area contributed by atoms with Gasteiger partial charge in [-0.1, -0.05) is 36.4 Å². The van der Waals surface area contributed by atoms with Gasteiger partial charge in [-0.2, -0.15) is 0 Å². The third kappa shape index (κ3) is 3.16. The molecule has 0 atom stereocenters. The number of carbonyl (C=O) groups is 1. The Bertz CT molecular complexity index is 1730. The molecule has 0 saturated carbocycles. The van der Waals surface area contributed by atoms with Gasteiger partial charge in [0.1, 0.15) is 11.0 Å². The molecule has 6 rings (SSSR count). The Kier molecular flexibility index (Phi) is 4.70. The highest BCUT2D eigenvalue weighted by Crippen LogP contribution is 2.32. The number of pyridine rings is 2. The third-order valence-corrected chi connectivity index (χ3v) is 5.89. The van der Waals surface area contributed by atoms with Crippen molar-refractivity contribution in [3.05, 3.63) is 103 Å². The average Bonchev–Trinajstić information content (AvgIpc) is 2.91. The van der Waals surface area contributed by atoms with Crippen LogP contribution in [0.25, 0.3) is 43.9 Å². The van der Waals surface area contributed by atoms with E-state index in [0.717, 1.165) is 27.5 Å². The van der Waals surface area contributed by atoms with Crippen molar-refractivity contribution in [1.82, 2.24) is 19.9 Å². The molecule has 0 unspecified atom stereocenters. The van der Waals surface area contributed by atoms with Crippen LogP contribution < -0.4 is 4.90 Å². The van der Waals surface area contributed by atoms with Crippen molar-refractivity contribution in [3.63, 3.8) is 0 Å². The number of aromatic nitrogens is 4. The highest BCUT2D eigenvalue weighted by Gasteiger charge is 2.19. The van der Waals surface area contributed by atoms with E-state index in [1.165, 1.54) is 0 Å². The van der Waals surface area contributed by atoms with E-state index in [1.54, 1.807) is 35.5 Å². The Hall–Kier alpha value is -4.71. The minimum atomic E-state index is -0.127. The van der Waals surface area contributed by atoms with Crippen LogP contribution in [0.15, 0.2) is 97.8 Å². The van der Waals surface area contributed by atoms with E-state index in [-0.39, 0.29) is 5.91 Å². The van der Waals surface area contributed by atoms with Gasteiger partial charge in [-0.3, -0.25) is 14.8 Å². The molecule has 6 aromatic rings. The van der Waals surface area contributed by atoms with Crippen molar-refractivity contribution in [2.24, 2.45) is 0 Å². The number of benzene rings is 3. The van der Waals surface area contributed by atoms with E-state index >= 15 is 0 Å². The Morgan fingerprint density at radius 2 is 1.41 bits per heavy atom. The van der Waals surface area contributed by atoms with E-state index in [0.29, 0.717) is 34.2 Å². The largest absolute Gasteiger partial charge is 0.305 e. The molecule has 0 aliphatic carbocycles. The maximum atomic E-state index is 13.4. The molecule has 6 heteroatoms. The molecule has 0 bridgehead atoms. The summed E-state index contributed by atoms with van der Waals surface area (Å²) < 4.78 is 0. The molecule has 34 heavy (non-hydrogen) atoms. The summed E-state index contributed by atoms with van der Waals surface area (Å²) in [6.07, 6.45) is 5.23. The van der Waals surface area contributed by atoms with Crippen molar-refractivity contribution < 1.29 is 4.79 Å². The van der Waals surface area contributed by atoms with Gasteiger partial charge in [0.2, 0.25) is 0 Å². The number of anilines is 1. The summed E-state index contributed by atoms with van der Waals surface area (Å²) in [7, 11) is 0. The van der Waals surface area contributed by atoms with E-state index in [9.17, 15) is 4.79 Å². The second-order valence-corrected chi connectivity index (χ2v) is 7.96. The Morgan fingerprint density at radius 3 is 2.06 bits per heavy atom. The number of hydrogen-bond donors (Lipinski definition) is 0. The molecule has 3 aromatic heterocycles. The number of rotatable bonds is 4. The average molecular weight is 441 g/mol. The summed E-state index contributed by atoms with van der Waals surface area (Å²) in [6.45, 7) is 4.21. The molecule has 3 heterocycles. The topological polar surface area (TPSA) is 71.9 Å². The number of amides is 1. The molecular formula is C28H19N5O. The summed E-state index contributed by atoms with van der Waals surface area (Å²) in [4.78, 5) is 34.1. The van der Waals surface area contributed by atoms with E-state index in [4.69, 9.17) is 9.97 Å². The minimum Gasteiger partial charge on any atom is -0.305 e. The van der Waals surface area contributed by atoms with Crippen LogP contribution in [0.1, 0.15) is 10.4 Å². The van der Waals surface area contributed by atoms with Crippen LogP contribution in [0.3, 0.4) is 0 Å². The molecule has 0 saturated heterocycles. The molecule has 1 amide bonds. The summed E-state index contributed by atoms with van der Waals surface area (Å²) in [5, 5.41) is 1.96. The van der Waals surface area contributed by atoms with E-state index in [1.807, 2.05) is 60.7 Å². The van der Waals surface area contributed by atoms with Gasteiger partial charge in [0.05, 0.1) is 22.1 Å². The molecule has 6 nitrogen and oxygen atoms in total. The van der Waals surface area contributed by atoms with Crippen molar-refractivity contribution in [2.75, 3.05) is 11.4 Å². The van der Waals surface area contributed by atoms with Gasteiger partial charge >= 0.3 is 0 Å². The first-order chi connectivity index (χ1) is 16.7. The quantitative estimate of drug-likeness (QED) is 0.199. The second kappa shape index (κ2) is 8.01. The van der Waals surface area contributed by atoms with Gasteiger partial charge in [0, 0.05) is 41.0 Å². The van der Waals surface area contributed by atoms with Crippen LogP contribution >= 0.6 is 0 Å². The second-order valence-electron chi connectivity index (χ2n) is 7.96. The van der Waals surface area contributed by atoms with Crippen molar-refractivity contribution in [1.29, 1.82) is 0 Å². The fraction of sp³-hybridized carbons (Fsp3) is 0.0357. The monoisotopic (exact) mass is 441 g/mol. The van der Waals surface area contributed by atoms with Crippen LogP contribution in [-0.2, 0) is 0 Å². The number of para-hydroxylation sites is 1. The lowest BCUT2D eigenvalue weighted by Crippen LogP contribution is -2.31. The highest BCUT2D eigenvalue weighted by atomic mass is 16.2. The third-order valence-electron chi connectivity index (χ3n) is 5.89. The van der Waals surface area contributed by atoms with Gasteiger partial charge in [0.25, 0.3) is 5.91 Å². The summed E-state index contributed by atoms with van der Waals surface area (Å²) in [5.74, 6) is -0.127. The van der Waals surface area contributed by atoms with E-state index < -0.39 is 0 Å². The van der Waals surface area contributed by atoms with Crippen LogP contribution in [0, 0.1) is 0 Å². The number of carbonyl (C=O) groups excluding carboxylic acids is 1. The van der Waals surface area contributed by atoms with Gasteiger partial charge in [-0.25, -0.2) is 9.97 Å². The first-order valence-electron chi connectivity index (χ1n) is 11.0. The van der Waals surface area contributed by atoms with E-state index in [2.05, 4.69) is 16.5 Å². The molecule has 0 aliphatic heterocycles. The normalized spacial score (nSPS) is 11.3. The SMILES string of the molecule is C=CCN(C(=O)c1ccc2nc3c4ncccc4c4cccnc4c3nc2c1)c1ccccc1. The highest BCUT2D eigenvalue weighted by molar-refractivity contribution is 6.21. The molecule has 0 radical (unpaired) electrons. The molecule has 0 spiro atoms. The van der Waals surface area contributed by atoms with Crippen LogP contribution in [0.4, 0.5) is 5.69 Å². The summed E-state index contributed by atoms with van der Waals surface area (Å²) in [6, 6.07) is 22.8. The lowest BCUT2D eigenvalue weighted by molar-refractivity contribution is 0.0990. The predicted molar refractivity (Wildman–Crippen MR) is 136 cm³/mol. The fourth-order valence-electron chi connectivity index (χ4n) is 4.34. The first-order valence-corrected chi connectivity index (χ1v) is 11.0. The Labute approximate surface area is 195 Å². The Balaban J connectivity index is 1.56. The molecular weight excluding hydrogens is 422 g/mol. The maximum Gasteiger partial charge on any atom is 0.258 e. The number of nitrogens with zero attached hydrogens (tertiary/aromatic N) is 5. The van der Waals surface area contributed by atoms with Crippen molar-refractivity contribution >= 4 is 55.5 Å². The molecule has 0 fully saturated rings. The molecule has 0 N–H and O–H groups in total. The van der Waals surface area contributed by atoms with Gasteiger partial charge < -0.3 is 4.90 Å². The zero-order valence-electron chi connectivity index (χ0n) is 18.2. The number of hydrogen-bond acceptors (Lipinski definition) is 5. The molecule has 162 valence electrons. The summed E-state index contributed by atoms with van der Waals surface area (Å²) >= 11 is 0.